The van der Waals surface area contributed by atoms with Crippen LogP contribution in [0.5, 0.6) is 0 Å². The second-order valence-corrected chi connectivity index (χ2v) is 5.57. The Morgan fingerprint density at radius 1 is 1.00 bits per heavy atom. The third-order valence-corrected chi connectivity index (χ3v) is 4.29. The van der Waals surface area contributed by atoms with Gasteiger partial charge in [-0.05, 0) is 12.3 Å². The van der Waals surface area contributed by atoms with Crippen LogP contribution in [-0.4, -0.2) is 24.7 Å². The zero-order valence-corrected chi connectivity index (χ0v) is 9.10. The fraction of sp³-hybridized carbons (Fsp3) is 0.750. The molecule has 0 saturated carbocycles. The summed E-state index contributed by atoms with van der Waals surface area (Å²) in [5.41, 5.74) is 0. The van der Waals surface area contributed by atoms with Gasteiger partial charge in [0.1, 0.15) is 0 Å². The zero-order chi connectivity index (χ0) is 12.3. The first-order valence-corrected chi connectivity index (χ1v) is 5.94. The predicted octanol–water partition coefficient (Wildman–Crippen LogP) is 4.52. The summed E-state index contributed by atoms with van der Waals surface area (Å²) in [7, 11) is -1.76. The molecule has 0 aromatic carbocycles. The van der Waals surface area contributed by atoms with Crippen molar-refractivity contribution in [2.24, 2.45) is 0 Å². The maximum Gasteiger partial charge on any atom is 0.416 e. The lowest BCUT2D eigenvalue weighted by atomic mass is 10.5. The Bertz CT molecular complexity index is 222. The monoisotopic (exact) mass is 252 g/mol. The van der Waals surface area contributed by atoms with Gasteiger partial charge < -0.3 is 0 Å². The molecule has 0 heterocycles. The Hall–Kier alpha value is -0.250. The van der Waals surface area contributed by atoms with Crippen molar-refractivity contribution in [2.75, 3.05) is 12.3 Å². The Kier molecular flexibility index (Phi) is 5.10. The average Bonchev–Trinajstić information content (AvgIpc) is 2.01. The van der Waals surface area contributed by atoms with Gasteiger partial charge in [-0.25, -0.2) is 0 Å². The smallest absolute Gasteiger partial charge is 0.167 e. The summed E-state index contributed by atoms with van der Waals surface area (Å²) in [6.07, 6.45) is -10.2. The first-order valence-electron chi connectivity index (χ1n) is 4.23. The van der Waals surface area contributed by atoms with Crippen molar-refractivity contribution in [3.63, 3.8) is 0 Å². The molecule has 0 rings (SSSR count). The van der Waals surface area contributed by atoms with E-state index in [0.717, 1.165) is 0 Å². The van der Waals surface area contributed by atoms with Gasteiger partial charge in [0.25, 0.3) is 0 Å². The van der Waals surface area contributed by atoms with Gasteiger partial charge in [0, 0.05) is 6.08 Å². The fourth-order valence-electron chi connectivity index (χ4n) is 1.07. The van der Waals surface area contributed by atoms with Gasteiger partial charge in [-0.1, -0.05) is 21.8 Å². The molecule has 0 aromatic heterocycles. The van der Waals surface area contributed by atoms with Crippen LogP contribution >= 0.6 is 7.92 Å². The largest absolute Gasteiger partial charge is 0.416 e. The van der Waals surface area contributed by atoms with Crippen LogP contribution in [0.1, 0.15) is 13.8 Å². The van der Waals surface area contributed by atoms with Gasteiger partial charge in [-0.3, -0.25) is 0 Å². The summed E-state index contributed by atoms with van der Waals surface area (Å²) in [5, 5.41) is -1.42. The van der Waals surface area contributed by atoms with E-state index in [0.29, 0.717) is 0 Å². The minimum absolute atomic E-state index is 0.104. The van der Waals surface area contributed by atoms with Crippen molar-refractivity contribution >= 4 is 7.92 Å². The summed E-state index contributed by atoms with van der Waals surface area (Å²) in [6, 6.07) is 0. The molecule has 0 N–H and O–H groups in total. The lowest BCUT2D eigenvalue weighted by Gasteiger charge is -2.21. The van der Waals surface area contributed by atoms with Gasteiger partial charge in [0.2, 0.25) is 0 Å². The van der Waals surface area contributed by atoms with E-state index in [-0.39, 0.29) is 12.3 Å². The highest BCUT2D eigenvalue weighted by Crippen LogP contribution is 2.52. The predicted molar refractivity (Wildman–Crippen MR) is 48.2 cm³/mol. The lowest BCUT2D eigenvalue weighted by Crippen LogP contribution is -2.16. The van der Waals surface area contributed by atoms with Crippen LogP contribution in [0.25, 0.3) is 0 Å². The first kappa shape index (κ1) is 14.8. The molecule has 0 aliphatic rings. The van der Waals surface area contributed by atoms with Crippen LogP contribution in [0.4, 0.5) is 26.3 Å². The van der Waals surface area contributed by atoms with Gasteiger partial charge in [-0.15, -0.1) is 0 Å². The van der Waals surface area contributed by atoms with E-state index in [1.165, 1.54) is 13.8 Å². The number of alkyl halides is 6. The summed E-state index contributed by atoms with van der Waals surface area (Å²) >= 11 is 0. The standard InChI is InChI=1S/C8H11F6P/c1-3-15(4-2)6(8(12,13)14)5-7(9,10)11/h5H,3-4H2,1-2H3/b6-5-. The molecule has 0 nitrogen and oxygen atoms in total. The highest BCUT2D eigenvalue weighted by atomic mass is 31.1. The third-order valence-electron chi connectivity index (χ3n) is 1.69. The maximum atomic E-state index is 12.3. The molecule has 0 amide bonds. The molecule has 0 aromatic rings. The lowest BCUT2D eigenvalue weighted by molar-refractivity contribution is -0.101. The van der Waals surface area contributed by atoms with Gasteiger partial charge in [-0.2, -0.15) is 26.3 Å². The third kappa shape index (κ3) is 5.40. The van der Waals surface area contributed by atoms with Crippen LogP contribution in [0.3, 0.4) is 0 Å². The highest BCUT2D eigenvalue weighted by Gasteiger charge is 2.41. The van der Waals surface area contributed by atoms with Crippen molar-refractivity contribution in [1.82, 2.24) is 0 Å². The van der Waals surface area contributed by atoms with Crippen molar-refractivity contribution in [3.05, 3.63) is 11.4 Å². The summed E-state index contributed by atoms with van der Waals surface area (Å²) in [4.78, 5) is 0. The van der Waals surface area contributed by atoms with Gasteiger partial charge in [0.15, 0.2) is 0 Å². The van der Waals surface area contributed by atoms with E-state index in [4.69, 9.17) is 0 Å². The molecular weight excluding hydrogens is 241 g/mol. The minimum Gasteiger partial charge on any atom is -0.167 e. The molecule has 0 aliphatic heterocycles. The Balaban J connectivity index is 5.15. The fourth-order valence-corrected chi connectivity index (χ4v) is 2.89. The molecule has 0 atom stereocenters. The van der Waals surface area contributed by atoms with E-state index in [9.17, 15) is 26.3 Å². The minimum atomic E-state index is -4.91. The van der Waals surface area contributed by atoms with E-state index in [1.54, 1.807) is 0 Å². The topological polar surface area (TPSA) is 0 Å². The van der Waals surface area contributed by atoms with Gasteiger partial charge in [0.05, 0.1) is 5.31 Å². The van der Waals surface area contributed by atoms with Crippen LogP contribution in [-0.2, 0) is 0 Å². The molecule has 0 unspecified atom stereocenters. The van der Waals surface area contributed by atoms with Crippen LogP contribution in [0.2, 0.25) is 0 Å². The molecule has 0 aliphatic carbocycles. The Morgan fingerprint density at radius 3 is 1.60 bits per heavy atom. The SMILES string of the molecule is CCP(CC)/C(=C\C(F)(F)F)C(F)(F)F. The second-order valence-electron chi connectivity index (χ2n) is 2.74. The number of hydrogen-bond acceptors (Lipinski definition) is 0. The van der Waals surface area contributed by atoms with Crippen LogP contribution in [0, 0.1) is 0 Å². The van der Waals surface area contributed by atoms with E-state index >= 15 is 0 Å². The maximum absolute atomic E-state index is 12.3. The number of hydrogen-bond donors (Lipinski definition) is 0. The highest BCUT2D eigenvalue weighted by molar-refractivity contribution is 7.62. The molecule has 90 valence electrons. The van der Waals surface area contributed by atoms with Crippen LogP contribution < -0.4 is 0 Å². The first-order chi connectivity index (χ1) is 6.61. The van der Waals surface area contributed by atoms with Crippen LogP contribution in [0.15, 0.2) is 11.4 Å². The van der Waals surface area contributed by atoms with Crippen molar-refractivity contribution < 1.29 is 26.3 Å². The second kappa shape index (κ2) is 5.19. The molecule has 15 heavy (non-hydrogen) atoms. The molecule has 0 bridgehead atoms. The molecule has 0 saturated heterocycles. The Morgan fingerprint density at radius 2 is 1.40 bits per heavy atom. The molecular formula is C8H11F6P. The van der Waals surface area contributed by atoms with E-state index < -0.39 is 31.7 Å². The molecule has 0 radical (unpaired) electrons. The average molecular weight is 252 g/mol. The molecule has 0 fully saturated rings. The van der Waals surface area contributed by atoms with Crippen molar-refractivity contribution in [1.29, 1.82) is 0 Å². The van der Waals surface area contributed by atoms with Crippen molar-refractivity contribution in [2.45, 2.75) is 26.2 Å². The number of rotatable bonds is 3. The van der Waals surface area contributed by atoms with E-state index in [2.05, 4.69) is 0 Å². The van der Waals surface area contributed by atoms with Crippen molar-refractivity contribution in [3.8, 4) is 0 Å². The Labute approximate surface area is 85.1 Å². The summed E-state index contributed by atoms with van der Waals surface area (Å²) in [5.74, 6) is 0. The number of allylic oxidation sites excluding steroid dienone is 2. The van der Waals surface area contributed by atoms with Gasteiger partial charge >= 0.3 is 12.4 Å². The summed E-state index contributed by atoms with van der Waals surface area (Å²) in [6.45, 7) is 2.93. The molecule has 0 spiro atoms. The molecule has 7 heteroatoms. The normalized spacial score (nSPS) is 14.9. The summed E-state index contributed by atoms with van der Waals surface area (Å²) < 4.78 is 72.7. The van der Waals surface area contributed by atoms with E-state index in [1.807, 2.05) is 0 Å². The quantitative estimate of drug-likeness (QED) is 0.511. The number of halogens is 6. The zero-order valence-electron chi connectivity index (χ0n) is 8.21.